The van der Waals surface area contributed by atoms with Gasteiger partial charge >= 0.3 is 0 Å². The van der Waals surface area contributed by atoms with E-state index in [4.69, 9.17) is 4.74 Å². The number of piperidine rings is 1. The molecule has 0 radical (unpaired) electrons. The third kappa shape index (κ3) is 5.77. The van der Waals surface area contributed by atoms with Gasteiger partial charge < -0.3 is 20.3 Å². The lowest BCUT2D eigenvalue weighted by atomic mass is 9.99. The van der Waals surface area contributed by atoms with Gasteiger partial charge in [0.15, 0.2) is 0 Å². The molecule has 2 N–H and O–H groups in total. The van der Waals surface area contributed by atoms with Crippen LogP contribution in [0, 0.1) is 5.92 Å². The molecule has 2 saturated heterocycles. The zero-order valence-corrected chi connectivity index (χ0v) is 12.7. The fraction of sp³-hybridized carbons (Fsp3) is 0.933. The van der Waals surface area contributed by atoms with E-state index < -0.39 is 0 Å². The Morgan fingerprint density at radius 3 is 2.90 bits per heavy atom. The molecule has 1 unspecified atom stereocenters. The van der Waals surface area contributed by atoms with Gasteiger partial charge in [-0.3, -0.25) is 4.79 Å². The molecule has 0 aromatic heterocycles. The van der Waals surface area contributed by atoms with Crippen LogP contribution in [-0.4, -0.2) is 62.8 Å². The summed E-state index contributed by atoms with van der Waals surface area (Å²) < 4.78 is 5.53. The average Bonchev–Trinajstić information content (AvgIpc) is 2.46. The number of amides is 1. The van der Waals surface area contributed by atoms with Crippen LogP contribution in [0.2, 0.25) is 0 Å². The standard InChI is InChI=1S/C15H29N3O2/c1-13-3-8-18(9-4-13)7-2-5-17-15(19)11-14-12-16-6-10-20-14/h13-14,16H,2-12H2,1H3,(H,17,19). The molecule has 0 aromatic carbocycles. The van der Waals surface area contributed by atoms with Gasteiger partial charge in [-0.05, 0) is 44.8 Å². The summed E-state index contributed by atoms with van der Waals surface area (Å²) in [6, 6.07) is 0. The van der Waals surface area contributed by atoms with Crippen molar-refractivity contribution >= 4 is 5.91 Å². The number of ether oxygens (including phenoxy) is 1. The molecule has 2 rings (SSSR count). The van der Waals surface area contributed by atoms with Crippen molar-refractivity contribution in [3.05, 3.63) is 0 Å². The third-order valence-electron chi connectivity index (χ3n) is 4.27. The first kappa shape index (κ1) is 15.7. The van der Waals surface area contributed by atoms with Gasteiger partial charge in [-0.15, -0.1) is 0 Å². The summed E-state index contributed by atoms with van der Waals surface area (Å²) >= 11 is 0. The van der Waals surface area contributed by atoms with E-state index in [1.807, 2.05) is 0 Å². The summed E-state index contributed by atoms with van der Waals surface area (Å²) in [6.07, 6.45) is 4.21. The minimum Gasteiger partial charge on any atom is -0.375 e. The van der Waals surface area contributed by atoms with Crippen molar-refractivity contribution in [3.8, 4) is 0 Å². The average molecular weight is 283 g/mol. The van der Waals surface area contributed by atoms with Crippen molar-refractivity contribution in [2.45, 2.75) is 38.7 Å². The quantitative estimate of drug-likeness (QED) is 0.701. The van der Waals surface area contributed by atoms with Crippen LogP contribution in [0.25, 0.3) is 0 Å². The van der Waals surface area contributed by atoms with Crippen LogP contribution < -0.4 is 10.6 Å². The Morgan fingerprint density at radius 1 is 1.40 bits per heavy atom. The summed E-state index contributed by atoms with van der Waals surface area (Å²) in [5.74, 6) is 1.00. The minimum absolute atomic E-state index is 0.0485. The number of nitrogens with zero attached hydrogens (tertiary/aromatic N) is 1. The lowest BCUT2D eigenvalue weighted by Gasteiger charge is -2.30. The Bertz CT molecular complexity index is 285. The molecule has 2 aliphatic heterocycles. The van der Waals surface area contributed by atoms with E-state index in [-0.39, 0.29) is 12.0 Å². The first-order chi connectivity index (χ1) is 9.74. The second kappa shape index (κ2) is 8.60. The van der Waals surface area contributed by atoms with Crippen LogP contribution in [0.4, 0.5) is 0 Å². The van der Waals surface area contributed by atoms with E-state index in [2.05, 4.69) is 22.5 Å². The van der Waals surface area contributed by atoms with Crippen molar-refractivity contribution in [2.24, 2.45) is 5.92 Å². The molecule has 2 fully saturated rings. The maximum absolute atomic E-state index is 11.8. The van der Waals surface area contributed by atoms with Crippen molar-refractivity contribution < 1.29 is 9.53 Å². The second-order valence-corrected chi connectivity index (χ2v) is 6.13. The van der Waals surface area contributed by atoms with E-state index >= 15 is 0 Å². The van der Waals surface area contributed by atoms with E-state index in [1.54, 1.807) is 0 Å². The largest absolute Gasteiger partial charge is 0.375 e. The van der Waals surface area contributed by atoms with Crippen molar-refractivity contribution in [3.63, 3.8) is 0 Å². The summed E-state index contributed by atoms with van der Waals surface area (Å²) in [7, 11) is 0. The number of carbonyl (C=O) groups is 1. The first-order valence-electron chi connectivity index (χ1n) is 8.05. The van der Waals surface area contributed by atoms with Crippen molar-refractivity contribution in [1.29, 1.82) is 0 Å². The Hall–Kier alpha value is -0.650. The van der Waals surface area contributed by atoms with Crippen LogP contribution in [0.3, 0.4) is 0 Å². The second-order valence-electron chi connectivity index (χ2n) is 6.13. The van der Waals surface area contributed by atoms with Crippen LogP contribution in [0.1, 0.15) is 32.6 Å². The summed E-state index contributed by atoms with van der Waals surface area (Å²) in [4.78, 5) is 14.3. The van der Waals surface area contributed by atoms with Crippen LogP contribution in [0.15, 0.2) is 0 Å². The lowest BCUT2D eigenvalue weighted by molar-refractivity contribution is -0.124. The highest BCUT2D eigenvalue weighted by Crippen LogP contribution is 2.15. The normalized spacial score (nSPS) is 25.6. The molecule has 2 aliphatic rings. The van der Waals surface area contributed by atoms with Gasteiger partial charge in [-0.1, -0.05) is 6.92 Å². The minimum atomic E-state index is 0.0485. The Kier molecular flexibility index (Phi) is 6.76. The zero-order valence-electron chi connectivity index (χ0n) is 12.7. The van der Waals surface area contributed by atoms with Crippen LogP contribution in [-0.2, 0) is 9.53 Å². The molecule has 2 heterocycles. The molecule has 0 saturated carbocycles. The molecular formula is C15H29N3O2. The van der Waals surface area contributed by atoms with Gasteiger partial charge in [0, 0.05) is 19.6 Å². The Balaban J connectivity index is 1.48. The maximum atomic E-state index is 11.8. The highest BCUT2D eigenvalue weighted by molar-refractivity contribution is 5.76. The highest BCUT2D eigenvalue weighted by atomic mass is 16.5. The van der Waals surface area contributed by atoms with Gasteiger partial charge in [-0.2, -0.15) is 0 Å². The molecular weight excluding hydrogens is 254 g/mol. The smallest absolute Gasteiger partial charge is 0.222 e. The monoisotopic (exact) mass is 283 g/mol. The molecule has 5 heteroatoms. The van der Waals surface area contributed by atoms with Crippen LogP contribution >= 0.6 is 0 Å². The molecule has 1 amide bonds. The lowest BCUT2D eigenvalue weighted by Crippen LogP contribution is -2.41. The van der Waals surface area contributed by atoms with E-state index in [0.29, 0.717) is 13.0 Å². The molecule has 20 heavy (non-hydrogen) atoms. The highest BCUT2D eigenvalue weighted by Gasteiger charge is 2.17. The van der Waals surface area contributed by atoms with Gasteiger partial charge in [0.1, 0.15) is 0 Å². The van der Waals surface area contributed by atoms with Crippen molar-refractivity contribution in [2.75, 3.05) is 45.9 Å². The first-order valence-corrected chi connectivity index (χ1v) is 8.05. The van der Waals surface area contributed by atoms with Gasteiger partial charge in [-0.25, -0.2) is 0 Å². The SMILES string of the molecule is CC1CCN(CCCNC(=O)CC2CNCCO2)CC1. The summed E-state index contributed by atoms with van der Waals surface area (Å²) in [5, 5.41) is 6.25. The molecule has 0 aliphatic carbocycles. The number of nitrogens with one attached hydrogen (secondary N) is 2. The van der Waals surface area contributed by atoms with E-state index in [9.17, 15) is 4.79 Å². The molecule has 0 spiro atoms. The van der Waals surface area contributed by atoms with E-state index in [0.717, 1.165) is 38.5 Å². The molecule has 1 atom stereocenters. The number of carbonyl (C=O) groups excluding carboxylic acids is 1. The Labute approximate surface area is 122 Å². The number of morpholine rings is 1. The predicted octanol–water partition coefficient (Wildman–Crippen LogP) is 0.603. The summed E-state index contributed by atoms with van der Waals surface area (Å²) in [6.45, 7) is 9.06. The number of hydrogen-bond donors (Lipinski definition) is 2. The fourth-order valence-corrected chi connectivity index (χ4v) is 2.85. The number of likely N-dealkylation sites (tertiary alicyclic amines) is 1. The maximum Gasteiger partial charge on any atom is 0.222 e. The van der Waals surface area contributed by atoms with Gasteiger partial charge in [0.05, 0.1) is 19.1 Å². The molecule has 116 valence electrons. The molecule has 0 bridgehead atoms. The van der Waals surface area contributed by atoms with E-state index in [1.165, 1.54) is 25.9 Å². The number of rotatable bonds is 6. The molecule has 5 nitrogen and oxygen atoms in total. The predicted molar refractivity (Wildman–Crippen MR) is 79.7 cm³/mol. The Morgan fingerprint density at radius 2 is 2.20 bits per heavy atom. The van der Waals surface area contributed by atoms with Gasteiger partial charge in [0.2, 0.25) is 5.91 Å². The third-order valence-corrected chi connectivity index (χ3v) is 4.27. The number of hydrogen-bond acceptors (Lipinski definition) is 4. The van der Waals surface area contributed by atoms with Crippen molar-refractivity contribution in [1.82, 2.24) is 15.5 Å². The fourth-order valence-electron chi connectivity index (χ4n) is 2.85. The summed E-state index contributed by atoms with van der Waals surface area (Å²) in [5.41, 5.74) is 0. The molecule has 0 aromatic rings. The van der Waals surface area contributed by atoms with Gasteiger partial charge in [0.25, 0.3) is 0 Å². The van der Waals surface area contributed by atoms with Crippen LogP contribution in [0.5, 0.6) is 0 Å². The topological polar surface area (TPSA) is 53.6 Å². The zero-order chi connectivity index (χ0) is 14.2.